The lowest BCUT2D eigenvalue weighted by Crippen LogP contribution is -2.52. The summed E-state index contributed by atoms with van der Waals surface area (Å²) < 4.78 is 55.4. The summed E-state index contributed by atoms with van der Waals surface area (Å²) in [6.45, 7) is 4.50. The van der Waals surface area contributed by atoms with Crippen molar-refractivity contribution in [3.63, 3.8) is 0 Å². The Balaban J connectivity index is 1.73. The van der Waals surface area contributed by atoms with Gasteiger partial charge in [-0.05, 0) is 30.6 Å². The molecule has 0 saturated heterocycles. The summed E-state index contributed by atoms with van der Waals surface area (Å²) in [6, 6.07) is -0.112. The van der Waals surface area contributed by atoms with Crippen LogP contribution in [0.5, 0.6) is 0 Å². The molecule has 3 aliphatic rings. The summed E-state index contributed by atoms with van der Waals surface area (Å²) in [4.78, 5) is 15.4. The molecular weight excluding hydrogens is 512 g/mol. The van der Waals surface area contributed by atoms with Crippen molar-refractivity contribution in [3.05, 3.63) is 22.3 Å². The van der Waals surface area contributed by atoms with Crippen LogP contribution in [0.3, 0.4) is 0 Å². The van der Waals surface area contributed by atoms with Crippen molar-refractivity contribution in [2.45, 2.75) is 69.9 Å². The molecule has 13 heteroatoms. The number of fused-ring (bicyclic) bond motifs is 2. The third kappa shape index (κ3) is 5.42. The molecule has 194 valence electrons. The number of aliphatic hydroxyl groups excluding tert-OH is 1. The van der Waals surface area contributed by atoms with Crippen LogP contribution >= 0.6 is 11.3 Å². The van der Waals surface area contributed by atoms with Gasteiger partial charge in [0.05, 0.1) is 6.26 Å². The van der Waals surface area contributed by atoms with E-state index in [0.29, 0.717) is 12.5 Å². The normalized spacial score (nSPS) is 24.5. The number of aliphatic hydroxyl groups is 1. The first-order valence-electron chi connectivity index (χ1n) is 11.8. The fraction of sp³-hybridized carbons (Fsp3) is 0.636. The Labute approximate surface area is 210 Å². The molecule has 2 aliphatic heterocycles. The van der Waals surface area contributed by atoms with Gasteiger partial charge in [0.25, 0.3) is 15.9 Å². The van der Waals surface area contributed by atoms with E-state index in [4.69, 9.17) is 0 Å². The van der Waals surface area contributed by atoms with E-state index < -0.39 is 26.0 Å². The Kier molecular flexibility index (Phi) is 7.33. The molecular formula is C22H32N4O6S3. The second-order valence-corrected chi connectivity index (χ2v) is 14.1. The minimum absolute atomic E-state index is 0.0876. The van der Waals surface area contributed by atoms with E-state index in [1.165, 1.54) is 0 Å². The Bertz CT molecular complexity index is 1280. The number of amidine groups is 1. The maximum atomic E-state index is 13.7. The highest BCUT2D eigenvalue weighted by Crippen LogP contribution is 2.41. The number of thiophene rings is 1. The van der Waals surface area contributed by atoms with E-state index >= 15 is 0 Å². The Morgan fingerprint density at radius 2 is 2.00 bits per heavy atom. The first kappa shape index (κ1) is 26.1. The third-order valence-electron chi connectivity index (χ3n) is 6.69. The predicted molar refractivity (Wildman–Crippen MR) is 135 cm³/mol. The lowest BCUT2D eigenvalue weighted by Gasteiger charge is -2.41. The van der Waals surface area contributed by atoms with Crippen LogP contribution in [-0.2, 0) is 31.4 Å². The molecule has 35 heavy (non-hydrogen) atoms. The molecule has 1 aromatic heterocycles. The Hall–Kier alpha value is -1.96. The number of hydrogen-bond acceptors (Lipinski definition) is 8. The number of rotatable bonds is 7. The van der Waals surface area contributed by atoms with Gasteiger partial charge in [0.15, 0.2) is 5.84 Å². The van der Waals surface area contributed by atoms with E-state index in [1.807, 2.05) is 0 Å². The average Bonchev–Trinajstić information content (AvgIpc) is 3.00. The van der Waals surface area contributed by atoms with Crippen LogP contribution in [-0.4, -0.2) is 57.4 Å². The van der Waals surface area contributed by atoms with Crippen LogP contribution in [0, 0.1) is 11.8 Å². The van der Waals surface area contributed by atoms with E-state index in [0.717, 1.165) is 56.1 Å². The van der Waals surface area contributed by atoms with Crippen molar-refractivity contribution < 1.29 is 26.7 Å². The molecule has 0 bridgehead atoms. The zero-order chi connectivity index (χ0) is 25.5. The second-order valence-electron chi connectivity index (χ2n) is 9.81. The van der Waals surface area contributed by atoms with Crippen molar-refractivity contribution in [1.29, 1.82) is 0 Å². The fourth-order valence-corrected chi connectivity index (χ4v) is 7.97. The quantitative estimate of drug-likeness (QED) is 0.478. The number of nitrogens with zero attached hydrogens (tertiary/aromatic N) is 2. The van der Waals surface area contributed by atoms with Gasteiger partial charge in [-0.25, -0.2) is 13.1 Å². The first-order valence-corrected chi connectivity index (χ1v) is 16.0. The average molecular weight is 545 g/mol. The minimum atomic E-state index is -4.24. The van der Waals surface area contributed by atoms with Gasteiger partial charge in [0, 0.05) is 30.6 Å². The van der Waals surface area contributed by atoms with Crippen LogP contribution in [0.2, 0.25) is 0 Å². The molecule has 0 aromatic carbocycles. The van der Waals surface area contributed by atoms with Crippen LogP contribution in [0.4, 0.5) is 5.00 Å². The molecule has 3 heterocycles. The number of nitrogens with one attached hydrogen (secondary N) is 2. The zero-order valence-corrected chi connectivity index (χ0v) is 22.5. The van der Waals surface area contributed by atoms with E-state index in [-0.39, 0.29) is 51.1 Å². The zero-order valence-electron chi connectivity index (χ0n) is 20.1. The van der Waals surface area contributed by atoms with Gasteiger partial charge >= 0.3 is 0 Å². The summed E-state index contributed by atoms with van der Waals surface area (Å²) in [6.07, 6.45) is 6.24. The summed E-state index contributed by atoms with van der Waals surface area (Å²) in [5.74, 6) is -0.562. The number of hydrogen-bond donors (Lipinski definition) is 3. The molecule has 1 saturated carbocycles. The minimum Gasteiger partial charge on any atom is -0.511 e. The number of anilines is 1. The number of carbonyl (C=O) groups is 1. The topological polar surface area (TPSA) is 145 Å². The molecule has 2 unspecified atom stereocenters. The van der Waals surface area contributed by atoms with Crippen LogP contribution < -0.4 is 10.0 Å². The lowest BCUT2D eigenvalue weighted by atomic mass is 9.84. The van der Waals surface area contributed by atoms with Gasteiger partial charge in [0.2, 0.25) is 10.0 Å². The lowest BCUT2D eigenvalue weighted by molar-refractivity contribution is -0.132. The Morgan fingerprint density at radius 1 is 1.29 bits per heavy atom. The Morgan fingerprint density at radius 3 is 2.69 bits per heavy atom. The first-order chi connectivity index (χ1) is 16.4. The van der Waals surface area contributed by atoms with Crippen molar-refractivity contribution in [1.82, 2.24) is 9.62 Å². The van der Waals surface area contributed by atoms with Crippen LogP contribution in [0.1, 0.15) is 57.9 Å². The monoisotopic (exact) mass is 544 g/mol. The summed E-state index contributed by atoms with van der Waals surface area (Å²) in [5.41, 5.74) is 0.177. The van der Waals surface area contributed by atoms with Crippen molar-refractivity contribution >= 4 is 48.1 Å². The molecule has 1 fully saturated rings. The van der Waals surface area contributed by atoms with Crippen LogP contribution in [0.25, 0.3) is 0 Å². The number of sulfonamides is 2. The third-order valence-corrected chi connectivity index (χ3v) is 9.84. The smallest absolute Gasteiger partial charge is 0.287 e. The van der Waals surface area contributed by atoms with Gasteiger partial charge in [-0.3, -0.25) is 4.79 Å². The predicted octanol–water partition coefficient (Wildman–Crippen LogP) is 2.96. The van der Waals surface area contributed by atoms with Crippen LogP contribution in [0.15, 0.2) is 26.0 Å². The maximum Gasteiger partial charge on any atom is 0.287 e. The molecule has 0 spiro atoms. The molecule has 1 amide bonds. The van der Waals surface area contributed by atoms with Gasteiger partial charge in [-0.2, -0.15) is 8.42 Å². The van der Waals surface area contributed by atoms with Crippen molar-refractivity contribution in [2.75, 3.05) is 18.1 Å². The summed E-state index contributed by atoms with van der Waals surface area (Å²) in [7, 11) is -7.76. The molecule has 1 aromatic rings. The SMILES string of the molecule is CC(C)CCN1C(=O)C(C2=NS(=O)(=O)c3c(CNS(C)(=O)=O)csc3N2)=C(O)C2CCCCCC21. The fourth-order valence-electron chi connectivity index (χ4n) is 4.94. The highest BCUT2D eigenvalue weighted by Gasteiger charge is 2.45. The molecule has 10 nitrogen and oxygen atoms in total. The second kappa shape index (κ2) is 9.83. The maximum absolute atomic E-state index is 13.7. The van der Waals surface area contributed by atoms with E-state index in [2.05, 4.69) is 28.3 Å². The molecule has 1 aliphatic carbocycles. The molecule has 3 N–H and O–H groups in total. The molecule has 4 rings (SSSR count). The number of carbonyl (C=O) groups excluding carboxylic acids is 1. The van der Waals surface area contributed by atoms with Crippen molar-refractivity contribution in [3.8, 4) is 0 Å². The highest BCUT2D eigenvalue weighted by molar-refractivity contribution is 7.91. The molecule has 0 radical (unpaired) electrons. The highest BCUT2D eigenvalue weighted by atomic mass is 32.2. The van der Waals surface area contributed by atoms with Gasteiger partial charge in [0.1, 0.15) is 21.2 Å². The standard InChI is InChI=1S/C22H32N4O6S3/c1-13(2)9-10-26-16-8-6-4-5-7-15(16)18(27)17(22(26)28)20-24-21-19(35(31,32)25-20)14(12-33-21)11-23-34(3,29)30/h12-13,15-16,23,27H,4-11H2,1-3H3,(H,24,25). The summed E-state index contributed by atoms with van der Waals surface area (Å²) >= 11 is 1.08. The number of amides is 1. The van der Waals surface area contributed by atoms with Gasteiger partial charge in [-0.15, -0.1) is 15.7 Å². The van der Waals surface area contributed by atoms with Crippen molar-refractivity contribution in [2.24, 2.45) is 16.2 Å². The largest absolute Gasteiger partial charge is 0.511 e. The molecule has 2 atom stereocenters. The van der Waals surface area contributed by atoms with Gasteiger partial charge < -0.3 is 15.3 Å². The summed E-state index contributed by atoms with van der Waals surface area (Å²) in [5, 5.41) is 16.0. The van der Waals surface area contributed by atoms with E-state index in [9.17, 15) is 26.7 Å². The van der Waals surface area contributed by atoms with Gasteiger partial charge in [-0.1, -0.05) is 33.1 Å². The van der Waals surface area contributed by atoms with E-state index in [1.54, 1.807) is 10.3 Å².